The van der Waals surface area contributed by atoms with Crippen molar-refractivity contribution in [1.29, 1.82) is 0 Å². The third-order valence-electron chi connectivity index (χ3n) is 1.89. The second-order valence-electron chi connectivity index (χ2n) is 2.58. The van der Waals surface area contributed by atoms with Crippen molar-refractivity contribution >= 4 is 27.7 Å². The smallest absolute Gasteiger partial charge is 0.160 e. The van der Waals surface area contributed by atoms with Crippen molar-refractivity contribution in [2.24, 2.45) is 0 Å². The predicted octanol–water partition coefficient (Wildman–Crippen LogP) is 2.42. The number of pyridine rings is 1. The van der Waals surface area contributed by atoms with Gasteiger partial charge in [0.1, 0.15) is 0 Å². The Morgan fingerprint density at radius 1 is 1.58 bits per heavy atom. The Bertz CT molecular complexity index is 433. The van der Waals surface area contributed by atoms with E-state index in [4.69, 9.17) is 0 Å². The van der Waals surface area contributed by atoms with E-state index in [1.807, 2.05) is 13.0 Å². The molecule has 0 saturated carbocycles. The summed E-state index contributed by atoms with van der Waals surface area (Å²) >= 11 is 1.49. The second kappa shape index (κ2) is 2.68. The Labute approximate surface area is 73.9 Å². The summed E-state index contributed by atoms with van der Waals surface area (Å²) in [6.45, 7) is 1.96. The molecule has 0 aliphatic rings. The minimum absolute atomic E-state index is 0.804. The Morgan fingerprint density at radius 3 is 3.08 bits per heavy atom. The largest absolute Gasteiger partial charge is 0.297 e. The van der Waals surface area contributed by atoms with Crippen LogP contribution in [0.4, 0.5) is 0 Å². The minimum atomic E-state index is 0.804. The third kappa shape index (κ3) is 0.940. The van der Waals surface area contributed by atoms with E-state index >= 15 is 0 Å². The molecule has 0 saturated heterocycles. The van der Waals surface area contributed by atoms with Gasteiger partial charge in [0.15, 0.2) is 6.29 Å². The molecule has 0 aliphatic carbocycles. The Kier molecular flexibility index (Phi) is 1.66. The lowest BCUT2D eigenvalue weighted by Crippen LogP contribution is -1.75. The quantitative estimate of drug-likeness (QED) is 0.626. The van der Waals surface area contributed by atoms with E-state index in [0.717, 1.165) is 26.8 Å². The van der Waals surface area contributed by atoms with E-state index in [2.05, 4.69) is 4.98 Å². The first-order chi connectivity index (χ1) is 5.83. The summed E-state index contributed by atoms with van der Waals surface area (Å²) in [5, 5.41) is 1.14. The van der Waals surface area contributed by atoms with Gasteiger partial charge in [0.05, 0.1) is 9.58 Å². The molecule has 2 heterocycles. The number of carbonyl (C=O) groups is 1. The monoisotopic (exact) mass is 177 g/mol. The maximum atomic E-state index is 10.6. The summed E-state index contributed by atoms with van der Waals surface area (Å²) in [4.78, 5) is 15.4. The number of aryl methyl sites for hydroxylation is 1. The lowest BCUT2D eigenvalue weighted by Gasteiger charge is -1.87. The van der Waals surface area contributed by atoms with Crippen molar-refractivity contribution < 1.29 is 4.79 Å². The fourth-order valence-electron chi connectivity index (χ4n) is 1.21. The van der Waals surface area contributed by atoms with Gasteiger partial charge < -0.3 is 0 Å². The van der Waals surface area contributed by atoms with Crippen LogP contribution in [0, 0.1) is 6.92 Å². The first-order valence-electron chi connectivity index (χ1n) is 3.61. The highest BCUT2D eigenvalue weighted by molar-refractivity contribution is 7.20. The first kappa shape index (κ1) is 7.43. The number of hydrogen-bond acceptors (Lipinski definition) is 3. The predicted molar refractivity (Wildman–Crippen MR) is 49.7 cm³/mol. The molecule has 2 rings (SSSR count). The molecule has 12 heavy (non-hydrogen) atoms. The van der Waals surface area contributed by atoms with Gasteiger partial charge in [-0.05, 0) is 23.9 Å². The van der Waals surface area contributed by atoms with Crippen LogP contribution in [0.2, 0.25) is 0 Å². The topological polar surface area (TPSA) is 30.0 Å². The summed E-state index contributed by atoms with van der Waals surface area (Å²) in [6.07, 6.45) is 4.44. The highest BCUT2D eigenvalue weighted by Crippen LogP contribution is 2.28. The molecule has 3 heteroatoms. The second-order valence-corrected chi connectivity index (χ2v) is 3.66. The van der Waals surface area contributed by atoms with Gasteiger partial charge in [-0.25, -0.2) is 0 Å². The number of aldehydes is 1. The molecule has 2 aromatic rings. The molecule has 0 atom stereocenters. The Hall–Kier alpha value is -1.22. The van der Waals surface area contributed by atoms with E-state index in [9.17, 15) is 4.79 Å². The van der Waals surface area contributed by atoms with Crippen molar-refractivity contribution in [2.45, 2.75) is 6.92 Å². The van der Waals surface area contributed by atoms with Crippen LogP contribution in [0.15, 0.2) is 18.5 Å². The number of aromatic nitrogens is 1. The van der Waals surface area contributed by atoms with Crippen LogP contribution in [0.1, 0.15) is 15.2 Å². The molecule has 0 unspecified atom stereocenters. The van der Waals surface area contributed by atoms with Crippen molar-refractivity contribution in [3.05, 3.63) is 28.9 Å². The number of carbonyl (C=O) groups excluding carboxylic acids is 1. The van der Waals surface area contributed by atoms with Crippen molar-refractivity contribution in [2.75, 3.05) is 0 Å². The maximum absolute atomic E-state index is 10.6. The van der Waals surface area contributed by atoms with Crippen LogP contribution in [-0.4, -0.2) is 11.3 Å². The Balaban J connectivity index is 2.87. The van der Waals surface area contributed by atoms with Gasteiger partial charge in [0.25, 0.3) is 0 Å². The average Bonchev–Trinajstić information content (AvgIpc) is 2.44. The van der Waals surface area contributed by atoms with E-state index in [1.54, 1.807) is 12.4 Å². The standard InChI is InChI=1S/C9H7NOS/c1-6-7-2-3-10-4-8(7)12-9(6)5-11/h2-5H,1H3. The van der Waals surface area contributed by atoms with Gasteiger partial charge in [-0.1, -0.05) is 0 Å². The molecule has 0 spiro atoms. The van der Waals surface area contributed by atoms with Crippen molar-refractivity contribution in [1.82, 2.24) is 4.98 Å². The van der Waals surface area contributed by atoms with Crippen LogP contribution in [0.25, 0.3) is 10.1 Å². The van der Waals surface area contributed by atoms with Crippen molar-refractivity contribution in [3.8, 4) is 0 Å². The van der Waals surface area contributed by atoms with E-state index in [1.165, 1.54) is 11.3 Å². The number of hydrogen-bond donors (Lipinski definition) is 0. The molecule has 2 aromatic heterocycles. The molecule has 0 aromatic carbocycles. The number of thiophene rings is 1. The minimum Gasteiger partial charge on any atom is -0.297 e. The fraction of sp³-hybridized carbons (Fsp3) is 0.111. The van der Waals surface area contributed by atoms with Gasteiger partial charge in [0.2, 0.25) is 0 Å². The van der Waals surface area contributed by atoms with E-state index in [-0.39, 0.29) is 0 Å². The van der Waals surface area contributed by atoms with Gasteiger partial charge >= 0.3 is 0 Å². The molecule has 0 amide bonds. The molecule has 0 aliphatic heterocycles. The van der Waals surface area contributed by atoms with Crippen LogP contribution in [0.3, 0.4) is 0 Å². The lowest BCUT2D eigenvalue weighted by atomic mass is 10.2. The number of nitrogens with zero attached hydrogens (tertiary/aromatic N) is 1. The van der Waals surface area contributed by atoms with Gasteiger partial charge in [0, 0.05) is 12.4 Å². The lowest BCUT2D eigenvalue weighted by molar-refractivity contribution is 0.112. The fourth-order valence-corrected chi connectivity index (χ4v) is 2.20. The Morgan fingerprint density at radius 2 is 2.42 bits per heavy atom. The summed E-state index contributed by atoms with van der Waals surface area (Å²) in [7, 11) is 0. The SMILES string of the molecule is Cc1c(C=O)sc2cnccc12. The van der Waals surface area contributed by atoms with Gasteiger partial charge in [-0.2, -0.15) is 0 Å². The molecule has 0 bridgehead atoms. The summed E-state index contributed by atoms with van der Waals surface area (Å²) in [6, 6.07) is 1.94. The molecule has 0 fully saturated rings. The number of rotatable bonds is 1. The highest BCUT2D eigenvalue weighted by Gasteiger charge is 2.05. The van der Waals surface area contributed by atoms with E-state index < -0.39 is 0 Å². The van der Waals surface area contributed by atoms with Crippen LogP contribution >= 0.6 is 11.3 Å². The zero-order chi connectivity index (χ0) is 8.55. The van der Waals surface area contributed by atoms with Crippen LogP contribution in [0.5, 0.6) is 0 Å². The summed E-state index contributed by atoms with van der Waals surface area (Å²) in [5.41, 5.74) is 1.06. The summed E-state index contributed by atoms with van der Waals surface area (Å²) in [5.74, 6) is 0. The van der Waals surface area contributed by atoms with E-state index in [0.29, 0.717) is 0 Å². The molecule has 0 N–H and O–H groups in total. The maximum Gasteiger partial charge on any atom is 0.160 e. The average molecular weight is 177 g/mol. The zero-order valence-corrected chi connectivity index (χ0v) is 7.39. The third-order valence-corrected chi connectivity index (χ3v) is 3.05. The normalized spacial score (nSPS) is 10.4. The molecule has 0 radical (unpaired) electrons. The highest BCUT2D eigenvalue weighted by atomic mass is 32.1. The zero-order valence-electron chi connectivity index (χ0n) is 6.57. The van der Waals surface area contributed by atoms with Crippen molar-refractivity contribution in [3.63, 3.8) is 0 Å². The summed E-state index contributed by atoms with van der Waals surface area (Å²) < 4.78 is 1.08. The van der Waals surface area contributed by atoms with Crippen LogP contribution in [-0.2, 0) is 0 Å². The first-order valence-corrected chi connectivity index (χ1v) is 4.43. The van der Waals surface area contributed by atoms with Crippen LogP contribution < -0.4 is 0 Å². The molecular weight excluding hydrogens is 170 g/mol. The molecule has 60 valence electrons. The number of fused-ring (bicyclic) bond motifs is 1. The van der Waals surface area contributed by atoms with Gasteiger partial charge in [-0.3, -0.25) is 9.78 Å². The molecular formula is C9H7NOS. The molecule has 2 nitrogen and oxygen atoms in total. The van der Waals surface area contributed by atoms with Gasteiger partial charge in [-0.15, -0.1) is 11.3 Å².